The van der Waals surface area contributed by atoms with Gasteiger partial charge in [0.05, 0.1) is 5.69 Å². The fraction of sp³-hybridized carbons (Fsp3) is 0.417. The Kier molecular flexibility index (Phi) is 9.43. The normalized spacial score (nSPS) is 12.5. The van der Waals surface area contributed by atoms with Crippen LogP contribution in [-0.2, 0) is 26.3 Å². The maximum absolute atomic E-state index is 13.6. The van der Waals surface area contributed by atoms with Crippen LogP contribution in [0.25, 0.3) is 0 Å². The Labute approximate surface area is 197 Å². The van der Waals surface area contributed by atoms with Crippen molar-refractivity contribution in [2.24, 2.45) is 0 Å². The molecule has 0 aliphatic rings. The highest BCUT2D eigenvalue weighted by Gasteiger charge is 2.33. The van der Waals surface area contributed by atoms with Gasteiger partial charge in [-0.05, 0) is 38.0 Å². The van der Waals surface area contributed by atoms with E-state index < -0.39 is 28.7 Å². The fourth-order valence-corrected chi connectivity index (χ4v) is 4.45. The van der Waals surface area contributed by atoms with Crippen molar-refractivity contribution in [1.29, 1.82) is 0 Å². The second kappa shape index (κ2) is 11.8. The molecule has 8 nitrogen and oxygen atoms in total. The lowest BCUT2D eigenvalue weighted by atomic mass is 10.1. The van der Waals surface area contributed by atoms with Crippen LogP contribution in [0.5, 0.6) is 0 Å². The second-order valence-corrected chi connectivity index (χ2v) is 10.3. The van der Waals surface area contributed by atoms with E-state index in [1.54, 1.807) is 30.3 Å². The van der Waals surface area contributed by atoms with E-state index in [0.717, 1.165) is 14.2 Å². The van der Waals surface area contributed by atoms with Crippen LogP contribution in [0.3, 0.4) is 0 Å². The van der Waals surface area contributed by atoms with Gasteiger partial charge in [0.15, 0.2) is 0 Å². The summed E-state index contributed by atoms with van der Waals surface area (Å²) in [5, 5.41) is 2.88. The topological polar surface area (TPSA) is 90.0 Å². The Morgan fingerprint density at radius 2 is 1.48 bits per heavy atom. The third-order valence-electron chi connectivity index (χ3n) is 5.08. The predicted molar refractivity (Wildman–Crippen MR) is 131 cm³/mol. The maximum atomic E-state index is 13.6. The van der Waals surface area contributed by atoms with Crippen LogP contribution in [0.15, 0.2) is 60.7 Å². The molecule has 0 heterocycles. The van der Waals surface area contributed by atoms with Crippen molar-refractivity contribution in [3.63, 3.8) is 0 Å². The Hall–Kier alpha value is -2.91. The van der Waals surface area contributed by atoms with E-state index in [-0.39, 0.29) is 18.5 Å². The van der Waals surface area contributed by atoms with E-state index in [2.05, 4.69) is 5.32 Å². The summed E-state index contributed by atoms with van der Waals surface area (Å²) in [6.45, 7) is 5.31. The van der Waals surface area contributed by atoms with Crippen molar-refractivity contribution in [1.82, 2.24) is 14.5 Å². The minimum absolute atomic E-state index is 0.0878. The van der Waals surface area contributed by atoms with Gasteiger partial charge in [0, 0.05) is 26.7 Å². The highest BCUT2D eigenvalue weighted by atomic mass is 32.2. The minimum Gasteiger partial charge on any atom is -0.352 e. The number of amides is 2. The molecule has 0 spiro atoms. The van der Waals surface area contributed by atoms with Gasteiger partial charge >= 0.3 is 10.2 Å². The third kappa shape index (κ3) is 7.03. The van der Waals surface area contributed by atoms with Gasteiger partial charge < -0.3 is 10.2 Å². The smallest absolute Gasteiger partial charge is 0.304 e. The molecule has 33 heavy (non-hydrogen) atoms. The molecule has 0 aliphatic carbocycles. The highest BCUT2D eigenvalue weighted by molar-refractivity contribution is 7.90. The van der Waals surface area contributed by atoms with E-state index in [0.29, 0.717) is 12.1 Å². The summed E-state index contributed by atoms with van der Waals surface area (Å²) in [6.07, 6.45) is 0.392. The number of carbonyl (C=O) groups is 2. The molecule has 0 saturated carbocycles. The molecule has 0 bridgehead atoms. The molecule has 0 aliphatic heterocycles. The molecule has 0 saturated heterocycles. The molecule has 2 aromatic rings. The van der Waals surface area contributed by atoms with Crippen molar-refractivity contribution in [3.8, 4) is 0 Å². The lowest BCUT2D eigenvalue weighted by Gasteiger charge is -2.34. The Morgan fingerprint density at radius 3 is 1.97 bits per heavy atom. The van der Waals surface area contributed by atoms with Gasteiger partial charge in [0.2, 0.25) is 11.8 Å². The van der Waals surface area contributed by atoms with E-state index in [9.17, 15) is 18.0 Å². The lowest BCUT2D eigenvalue weighted by Crippen LogP contribution is -2.54. The zero-order valence-electron chi connectivity index (χ0n) is 19.9. The van der Waals surface area contributed by atoms with Gasteiger partial charge in [-0.3, -0.25) is 9.59 Å². The first kappa shape index (κ1) is 26.3. The molecule has 1 atom stereocenters. The van der Waals surface area contributed by atoms with Gasteiger partial charge in [0.1, 0.15) is 12.6 Å². The molecule has 2 aromatic carbocycles. The van der Waals surface area contributed by atoms with Crippen LogP contribution < -0.4 is 9.62 Å². The zero-order valence-corrected chi connectivity index (χ0v) is 20.7. The first-order valence-electron chi connectivity index (χ1n) is 11.0. The molecule has 0 unspecified atom stereocenters. The summed E-state index contributed by atoms with van der Waals surface area (Å²) >= 11 is 0. The molecule has 0 aromatic heterocycles. The first-order valence-corrected chi connectivity index (χ1v) is 12.4. The maximum Gasteiger partial charge on any atom is 0.304 e. The fourth-order valence-electron chi connectivity index (χ4n) is 3.39. The second-order valence-electron chi connectivity index (χ2n) is 8.23. The van der Waals surface area contributed by atoms with Gasteiger partial charge in [-0.2, -0.15) is 12.7 Å². The summed E-state index contributed by atoms with van der Waals surface area (Å²) in [5.74, 6) is -0.725. The molecule has 9 heteroatoms. The number of hydrogen-bond acceptors (Lipinski definition) is 4. The van der Waals surface area contributed by atoms with Gasteiger partial charge in [-0.25, -0.2) is 4.31 Å². The predicted octanol–water partition coefficient (Wildman–Crippen LogP) is 2.63. The van der Waals surface area contributed by atoms with Crippen LogP contribution >= 0.6 is 0 Å². The van der Waals surface area contributed by atoms with E-state index in [1.807, 2.05) is 51.1 Å². The SMILES string of the molecule is CC[C@H](C(=O)NC(C)C)N(Cc1ccccc1)C(=O)CN(c1ccccc1)S(=O)(=O)N(C)C. The number of anilines is 1. The van der Waals surface area contributed by atoms with Crippen LogP contribution in [0, 0.1) is 0 Å². The largest absolute Gasteiger partial charge is 0.352 e. The molecule has 2 rings (SSSR count). The zero-order chi connectivity index (χ0) is 24.6. The van der Waals surface area contributed by atoms with Crippen molar-refractivity contribution in [2.75, 3.05) is 24.9 Å². The summed E-state index contributed by atoms with van der Waals surface area (Å²) in [6, 6.07) is 17.0. The van der Waals surface area contributed by atoms with E-state index >= 15 is 0 Å². The number of nitrogens with one attached hydrogen (secondary N) is 1. The number of hydrogen-bond donors (Lipinski definition) is 1. The number of rotatable bonds is 11. The van der Waals surface area contributed by atoms with Crippen LogP contribution in [0.1, 0.15) is 32.8 Å². The number of para-hydroxylation sites is 1. The summed E-state index contributed by atoms with van der Waals surface area (Å²) in [7, 11) is -1.11. The summed E-state index contributed by atoms with van der Waals surface area (Å²) in [4.78, 5) is 28.0. The first-order chi connectivity index (χ1) is 15.6. The van der Waals surface area contributed by atoms with Crippen molar-refractivity contribution in [2.45, 2.75) is 45.8 Å². The number of carbonyl (C=O) groups excluding carboxylic acids is 2. The number of benzene rings is 2. The Balaban J connectivity index is 2.45. The van der Waals surface area contributed by atoms with Crippen molar-refractivity contribution in [3.05, 3.63) is 66.2 Å². The molecular weight excluding hydrogens is 440 g/mol. The van der Waals surface area contributed by atoms with Crippen LogP contribution in [0.4, 0.5) is 5.69 Å². The summed E-state index contributed by atoms with van der Waals surface area (Å²) < 4.78 is 28.3. The standard InChI is InChI=1S/C24H34N4O4S/c1-6-22(24(30)25-19(2)3)27(17-20-13-9-7-10-14-20)23(29)18-28(33(31,32)26(4)5)21-15-11-8-12-16-21/h7-16,19,22H,6,17-18H2,1-5H3,(H,25,30)/t22-/m1/s1. The average Bonchev–Trinajstić information content (AvgIpc) is 2.77. The highest BCUT2D eigenvalue weighted by Crippen LogP contribution is 2.21. The van der Waals surface area contributed by atoms with Crippen LogP contribution in [-0.4, -0.2) is 62.2 Å². The van der Waals surface area contributed by atoms with Gasteiger partial charge in [0.25, 0.3) is 0 Å². The molecular formula is C24H34N4O4S. The lowest BCUT2D eigenvalue weighted by molar-refractivity contribution is -0.140. The van der Waals surface area contributed by atoms with Crippen molar-refractivity contribution >= 4 is 27.7 Å². The van der Waals surface area contributed by atoms with Crippen LogP contribution in [0.2, 0.25) is 0 Å². The third-order valence-corrected chi connectivity index (χ3v) is 6.90. The number of nitrogens with zero attached hydrogens (tertiary/aromatic N) is 3. The monoisotopic (exact) mass is 474 g/mol. The molecule has 2 amide bonds. The Bertz CT molecular complexity index is 1010. The van der Waals surface area contributed by atoms with E-state index in [1.165, 1.54) is 19.0 Å². The molecule has 180 valence electrons. The van der Waals surface area contributed by atoms with Gasteiger partial charge in [-0.15, -0.1) is 0 Å². The molecule has 0 radical (unpaired) electrons. The quantitative estimate of drug-likeness (QED) is 0.542. The van der Waals surface area contributed by atoms with Gasteiger partial charge in [-0.1, -0.05) is 55.5 Å². The average molecular weight is 475 g/mol. The summed E-state index contributed by atoms with van der Waals surface area (Å²) in [5.41, 5.74) is 1.22. The Morgan fingerprint density at radius 1 is 0.939 bits per heavy atom. The molecule has 0 fully saturated rings. The molecule has 1 N–H and O–H groups in total. The minimum atomic E-state index is -3.95. The van der Waals surface area contributed by atoms with Crippen molar-refractivity contribution < 1.29 is 18.0 Å². The van der Waals surface area contributed by atoms with E-state index in [4.69, 9.17) is 0 Å².